The van der Waals surface area contributed by atoms with Crippen molar-refractivity contribution in [2.45, 2.75) is 50.0 Å². The van der Waals surface area contributed by atoms with Crippen molar-refractivity contribution in [3.8, 4) is 17.1 Å². The van der Waals surface area contributed by atoms with Gasteiger partial charge >= 0.3 is 17.9 Å². The number of carbonyl (C=O) groups is 3. The number of benzene rings is 1. The number of hydrogen-bond acceptors (Lipinski definition) is 11. The minimum atomic E-state index is -3.69. The Labute approximate surface area is 257 Å². The zero-order chi connectivity index (χ0) is 33.5. The normalized spacial score (nSPS) is 14.0. The lowest BCUT2D eigenvalue weighted by Gasteiger charge is -2.26. The number of aryl methyl sites for hydroxylation is 2. The number of aliphatic hydroxyl groups is 1. The molecule has 0 aliphatic carbocycles. The van der Waals surface area contributed by atoms with Crippen LogP contribution in [-0.4, -0.2) is 109 Å². The van der Waals surface area contributed by atoms with Gasteiger partial charge in [0.1, 0.15) is 17.1 Å². The van der Waals surface area contributed by atoms with Crippen LogP contribution in [0.1, 0.15) is 38.8 Å². The van der Waals surface area contributed by atoms with Crippen molar-refractivity contribution >= 4 is 39.0 Å². The first-order chi connectivity index (χ1) is 21.1. The van der Waals surface area contributed by atoms with Crippen LogP contribution >= 0.6 is 0 Å². The van der Waals surface area contributed by atoms with Gasteiger partial charge in [0.2, 0.25) is 10.0 Å². The second-order valence-electron chi connectivity index (χ2n) is 10.2. The Morgan fingerprint density at radius 3 is 2.22 bits per heavy atom. The maximum Gasteiger partial charge on any atom is 0.336 e. The molecular weight excluding hydrogens is 616 g/mol. The number of aliphatic carboxylic acids is 3. The third-order valence-electron chi connectivity index (χ3n) is 6.75. The number of H-pyrrole nitrogens is 1. The quantitative estimate of drug-likeness (QED) is 0.151. The summed E-state index contributed by atoms with van der Waals surface area (Å²) in [6.45, 7) is 6.29. The van der Waals surface area contributed by atoms with E-state index in [1.54, 1.807) is 13.1 Å². The van der Waals surface area contributed by atoms with Gasteiger partial charge in [0.05, 0.1) is 35.6 Å². The van der Waals surface area contributed by atoms with Gasteiger partial charge in [-0.15, -0.1) is 0 Å². The number of piperazine rings is 1. The monoisotopic (exact) mass is 652 g/mol. The molecule has 1 aliphatic heterocycles. The molecule has 0 spiro atoms. The van der Waals surface area contributed by atoms with Crippen molar-refractivity contribution in [3.63, 3.8) is 0 Å². The number of hydrogen-bond donors (Lipinski definition) is 6. The van der Waals surface area contributed by atoms with Gasteiger partial charge in [0.15, 0.2) is 11.1 Å². The van der Waals surface area contributed by atoms with Crippen molar-refractivity contribution in [1.29, 1.82) is 0 Å². The fourth-order valence-electron chi connectivity index (χ4n) is 4.66. The van der Waals surface area contributed by atoms with Crippen LogP contribution in [0, 0.1) is 0 Å². The van der Waals surface area contributed by atoms with E-state index in [-0.39, 0.29) is 16.3 Å². The molecule has 1 aliphatic rings. The van der Waals surface area contributed by atoms with E-state index in [1.165, 1.54) is 21.1 Å². The molecule has 17 nitrogen and oxygen atoms in total. The molecule has 246 valence electrons. The van der Waals surface area contributed by atoms with Crippen LogP contribution in [0.5, 0.6) is 5.75 Å². The van der Waals surface area contributed by atoms with Gasteiger partial charge in [-0.2, -0.15) is 9.40 Å². The first-order valence-electron chi connectivity index (χ1n) is 14.0. The van der Waals surface area contributed by atoms with Crippen LogP contribution in [0.3, 0.4) is 0 Å². The lowest BCUT2D eigenvalue weighted by Crippen LogP contribution is -2.46. The molecule has 0 bridgehead atoms. The highest BCUT2D eigenvalue weighted by Gasteiger charge is 2.40. The third-order valence-corrected chi connectivity index (χ3v) is 8.65. The number of ether oxygens (including phenoxy) is 1. The molecule has 3 aromatic rings. The minimum absolute atomic E-state index is 0.139. The number of carboxylic acid groups (broad SMARTS) is 3. The molecule has 0 saturated carbocycles. The largest absolute Gasteiger partial charge is 0.493 e. The molecule has 0 radical (unpaired) electrons. The van der Waals surface area contributed by atoms with Gasteiger partial charge < -0.3 is 35.5 Å². The predicted molar refractivity (Wildman–Crippen MR) is 158 cm³/mol. The van der Waals surface area contributed by atoms with E-state index in [4.69, 9.17) is 25.2 Å². The molecule has 2 aromatic heterocycles. The Kier molecular flexibility index (Phi) is 11.4. The summed E-state index contributed by atoms with van der Waals surface area (Å²) in [5.74, 6) is -4.31. The molecule has 4 rings (SSSR count). The number of sulfonamides is 1. The zero-order valence-electron chi connectivity index (χ0n) is 24.9. The summed E-state index contributed by atoms with van der Waals surface area (Å²) in [5, 5.41) is 41.4. The molecule has 6 N–H and O–H groups in total. The number of nitrogens with one attached hydrogen (secondary N) is 2. The highest BCUT2D eigenvalue weighted by atomic mass is 32.2. The molecule has 0 unspecified atom stereocenters. The number of carboxylic acids is 3. The number of aromatic nitrogens is 4. The van der Waals surface area contributed by atoms with E-state index >= 15 is 0 Å². The summed E-state index contributed by atoms with van der Waals surface area (Å²) in [6.07, 6.45) is -0.745. The van der Waals surface area contributed by atoms with Crippen LogP contribution in [0.2, 0.25) is 0 Å². The van der Waals surface area contributed by atoms with Gasteiger partial charge in [-0.25, -0.2) is 18.2 Å². The maximum atomic E-state index is 13.2. The highest BCUT2D eigenvalue weighted by Crippen LogP contribution is 2.32. The standard InChI is InChI=1S/C21H28N6O4S.C6H8O7/c1-4-6-16-18-19(26(3)25-16)21(28)24-20(23-18)15-13-14(7-8-17(15)31-5-2)32(29,30)27-11-9-22-10-12-27;7-3(8)1-6(13,5(11)12)2-4(9)10/h7-8,13,22H,4-6,9-12H2,1-3H3,(H,23,24,28);13H,1-2H2,(H,7,8)(H,9,10)(H,11,12). The molecule has 1 fully saturated rings. The Hall–Kier alpha value is -4.39. The second kappa shape index (κ2) is 14.6. The predicted octanol–water partition coefficient (Wildman–Crippen LogP) is 0.0202. The fourth-order valence-corrected chi connectivity index (χ4v) is 6.13. The van der Waals surface area contributed by atoms with Crippen LogP contribution in [-0.2, 0) is 37.9 Å². The molecule has 0 amide bonds. The van der Waals surface area contributed by atoms with Gasteiger partial charge in [-0.3, -0.25) is 19.1 Å². The molecule has 18 heteroatoms. The van der Waals surface area contributed by atoms with Gasteiger partial charge in [0, 0.05) is 33.2 Å². The SMILES string of the molecule is CCCc1nn(C)c2c(=O)[nH]c(-c3cc(S(=O)(=O)N4CCNCC4)ccc3OCC)nc12.O=C(O)CC(O)(CC(=O)O)C(=O)O. The van der Waals surface area contributed by atoms with E-state index in [1.807, 2.05) is 13.8 Å². The van der Waals surface area contributed by atoms with Crippen LogP contribution in [0.4, 0.5) is 0 Å². The molecule has 45 heavy (non-hydrogen) atoms. The summed E-state index contributed by atoms with van der Waals surface area (Å²) in [5.41, 5.74) is -1.00. The lowest BCUT2D eigenvalue weighted by molar-refractivity contribution is -0.170. The summed E-state index contributed by atoms with van der Waals surface area (Å²) >= 11 is 0. The third kappa shape index (κ3) is 8.21. The van der Waals surface area contributed by atoms with Crippen LogP contribution in [0.25, 0.3) is 22.4 Å². The Balaban J connectivity index is 0.000000360. The van der Waals surface area contributed by atoms with Gasteiger partial charge in [-0.05, 0) is 31.5 Å². The van der Waals surface area contributed by atoms with Crippen molar-refractivity contribution < 1.29 is 48.0 Å². The van der Waals surface area contributed by atoms with Crippen molar-refractivity contribution in [2.75, 3.05) is 32.8 Å². The summed E-state index contributed by atoms with van der Waals surface area (Å²) in [4.78, 5) is 51.0. The Bertz CT molecular complexity index is 1710. The summed E-state index contributed by atoms with van der Waals surface area (Å²) in [7, 11) is -1.98. The molecule has 0 atom stereocenters. The van der Waals surface area contributed by atoms with Crippen LogP contribution < -0.4 is 15.6 Å². The van der Waals surface area contributed by atoms with E-state index in [0.717, 1.165) is 12.1 Å². The number of fused-ring (bicyclic) bond motifs is 1. The van der Waals surface area contributed by atoms with E-state index in [9.17, 15) is 27.6 Å². The number of rotatable bonds is 12. The highest BCUT2D eigenvalue weighted by molar-refractivity contribution is 7.89. The van der Waals surface area contributed by atoms with Crippen molar-refractivity contribution in [2.24, 2.45) is 7.05 Å². The average Bonchev–Trinajstić information content (AvgIpc) is 3.28. The average molecular weight is 653 g/mol. The van der Waals surface area contributed by atoms with Crippen molar-refractivity contribution in [3.05, 3.63) is 34.2 Å². The Morgan fingerprint density at radius 2 is 1.69 bits per heavy atom. The molecule has 1 saturated heterocycles. The van der Waals surface area contributed by atoms with E-state index in [2.05, 4.69) is 20.4 Å². The van der Waals surface area contributed by atoms with Gasteiger partial charge in [-0.1, -0.05) is 13.3 Å². The molecule has 3 heterocycles. The maximum absolute atomic E-state index is 13.2. The number of nitrogens with zero attached hydrogens (tertiary/aromatic N) is 4. The Morgan fingerprint density at radius 1 is 1.07 bits per heavy atom. The van der Waals surface area contributed by atoms with Crippen molar-refractivity contribution in [1.82, 2.24) is 29.4 Å². The van der Waals surface area contributed by atoms with Crippen LogP contribution in [0.15, 0.2) is 27.9 Å². The molecular formula is C27H36N6O11S. The lowest BCUT2D eigenvalue weighted by atomic mass is 9.96. The first-order valence-corrected chi connectivity index (χ1v) is 15.4. The molecule has 1 aromatic carbocycles. The minimum Gasteiger partial charge on any atom is -0.493 e. The smallest absolute Gasteiger partial charge is 0.336 e. The zero-order valence-corrected chi connectivity index (χ0v) is 25.8. The van der Waals surface area contributed by atoms with E-state index < -0.39 is 46.4 Å². The second-order valence-corrected chi connectivity index (χ2v) is 12.1. The topological polar surface area (TPSA) is 254 Å². The van der Waals surface area contributed by atoms with E-state index in [0.29, 0.717) is 61.6 Å². The number of aromatic amines is 1. The first kappa shape index (κ1) is 35.1. The van der Waals surface area contributed by atoms with Gasteiger partial charge in [0.25, 0.3) is 5.56 Å². The fraction of sp³-hybridized carbons (Fsp3) is 0.481. The summed E-state index contributed by atoms with van der Waals surface area (Å²) < 4.78 is 35.2. The summed E-state index contributed by atoms with van der Waals surface area (Å²) in [6, 6.07) is 4.69.